The van der Waals surface area contributed by atoms with Crippen molar-refractivity contribution in [2.24, 2.45) is 0 Å². The van der Waals surface area contributed by atoms with Crippen LogP contribution in [0.3, 0.4) is 0 Å². The molecule has 0 fully saturated rings. The van der Waals surface area contributed by atoms with Crippen LogP contribution in [0.2, 0.25) is 0 Å². The molecule has 27 heavy (non-hydrogen) atoms. The van der Waals surface area contributed by atoms with Crippen molar-refractivity contribution in [3.05, 3.63) is 106 Å². The van der Waals surface area contributed by atoms with E-state index in [0.717, 1.165) is 29.5 Å². The van der Waals surface area contributed by atoms with E-state index in [1.807, 2.05) is 24.3 Å². The highest BCUT2D eigenvalue weighted by molar-refractivity contribution is 5.95. The van der Waals surface area contributed by atoms with Gasteiger partial charge >= 0.3 is 0 Å². The predicted molar refractivity (Wildman–Crippen MR) is 110 cm³/mol. The molecule has 2 heteroatoms. The van der Waals surface area contributed by atoms with Crippen LogP contribution < -0.4 is 5.32 Å². The molecule has 2 nitrogen and oxygen atoms in total. The molecule has 0 spiro atoms. The van der Waals surface area contributed by atoms with Gasteiger partial charge in [-0.25, -0.2) is 0 Å². The Morgan fingerprint density at radius 1 is 0.815 bits per heavy atom. The van der Waals surface area contributed by atoms with Gasteiger partial charge in [0.15, 0.2) is 0 Å². The molecule has 4 rings (SSSR count). The number of aryl methyl sites for hydroxylation is 3. The molecule has 1 N–H and O–H groups in total. The van der Waals surface area contributed by atoms with Crippen molar-refractivity contribution >= 4 is 5.91 Å². The summed E-state index contributed by atoms with van der Waals surface area (Å²) in [5.41, 5.74) is 6.89. The minimum absolute atomic E-state index is 0.0159. The van der Waals surface area contributed by atoms with Crippen LogP contribution in [0.1, 0.15) is 57.1 Å². The summed E-state index contributed by atoms with van der Waals surface area (Å²) in [6.07, 6.45) is 4.68. The minimum atomic E-state index is -0.157. The Bertz CT molecular complexity index is 928. The number of hydrogen-bond acceptors (Lipinski definition) is 1. The minimum Gasteiger partial charge on any atom is -0.341 e. The number of carbonyl (C=O) groups is 1. The lowest BCUT2D eigenvalue weighted by molar-refractivity contribution is 0.0943. The average molecular weight is 355 g/mol. The highest BCUT2D eigenvalue weighted by atomic mass is 16.1. The van der Waals surface area contributed by atoms with Gasteiger partial charge < -0.3 is 5.32 Å². The van der Waals surface area contributed by atoms with E-state index in [2.05, 4.69) is 60.8 Å². The zero-order valence-electron chi connectivity index (χ0n) is 15.7. The summed E-state index contributed by atoms with van der Waals surface area (Å²) in [7, 11) is 0. The molecule has 136 valence electrons. The molecule has 0 aromatic heterocycles. The van der Waals surface area contributed by atoms with Crippen LogP contribution >= 0.6 is 0 Å². The van der Waals surface area contributed by atoms with E-state index in [9.17, 15) is 4.79 Å². The first-order chi connectivity index (χ1) is 13.2. The van der Waals surface area contributed by atoms with Crippen LogP contribution in [0.15, 0.2) is 72.8 Å². The molecule has 1 amide bonds. The van der Waals surface area contributed by atoms with Gasteiger partial charge in [-0.1, -0.05) is 66.2 Å². The van der Waals surface area contributed by atoms with Gasteiger partial charge in [0.2, 0.25) is 0 Å². The Labute approximate surface area is 161 Å². The Morgan fingerprint density at radius 3 is 2.22 bits per heavy atom. The van der Waals surface area contributed by atoms with Gasteiger partial charge in [0.1, 0.15) is 0 Å². The summed E-state index contributed by atoms with van der Waals surface area (Å²) in [4.78, 5) is 13.0. The summed E-state index contributed by atoms with van der Waals surface area (Å²) < 4.78 is 0. The zero-order chi connectivity index (χ0) is 18.6. The van der Waals surface area contributed by atoms with E-state index in [0.29, 0.717) is 0 Å². The second-order valence-electron chi connectivity index (χ2n) is 7.42. The molecular weight excluding hydrogens is 330 g/mol. The maximum atomic E-state index is 13.0. The highest BCUT2D eigenvalue weighted by Crippen LogP contribution is 2.25. The molecule has 0 saturated heterocycles. The lowest BCUT2D eigenvalue weighted by Crippen LogP contribution is -2.29. The van der Waals surface area contributed by atoms with Crippen molar-refractivity contribution in [1.29, 1.82) is 0 Å². The molecule has 3 aromatic carbocycles. The third-order valence-electron chi connectivity index (χ3n) is 5.43. The predicted octanol–water partition coefficient (Wildman–Crippen LogP) is 5.39. The molecule has 1 unspecified atom stereocenters. The fourth-order valence-corrected chi connectivity index (χ4v) is 3.85. The van der Waals surface area contributed by atoms with Crippen LogP contribution in [-0.2, 0) is 12.8 Å². The maximum absolute atomic E-state index is 13.0. The standard InChI is InChI=1S/C25H25NO/c1-18-11-13-21(14-12-18)24(20-8-3-2-4-9-20)26-25(27)23-16-15-19-7-5-6-10-22(19)17-23/h2-4,8-9,11-17,24H,5-7,10H2,1H3,(H,26,27). The van der Waals surface area contributed by atoms with Gasteiger partial charge in [-0.2, -0.15) is 0 Å². The summed E-state index contributed by atoms with van der Waals surface area (Å²) in [5.74, 6) is -0.0159. The monoisotopic (exact) mass is 355 g/mol. The van der Waals surface area contributed by atoms with Crippen LogP contribution in [0, 0.1) is 6.92 Å². The summed E-state index contributed by atoms with van der Waals surface area (Å²) in [6, 6.07) is 24.6. The van der Waals surface area contributed by atoms with Gasteiger partial charge in [0.05, 0.1) is 6.04 Å². The molecular formula is C25H25NO. The molecule has 1 aliphatic carbocycles. The molecule has 1 atom stereocenters. The number of rotatable bonds is 4. The largest absolute Gasteiger partial charge is 0.341 e. The van der Waals surface area contributed by atoms with Gasteiger partial charge in [0, 0.05) is 5.56 Å². The second-order valence-corrected chi connectivity index (χ2v) is 7.42. The summed E-state index contributed by atoms with van der Waals surface area (Å²) in [5, 5.41) is 3.25. The second kappa shape index (κ2) is 7.79. The first kappa shape index (κ1) is 17.5. The normalized spacial score (nSPS) is 14.3. The van der Waals surface area contributed by atoms with E-state index in [1.165, 1.54) is 29.5 Å². The van der Waals surface area contributed by atoms with Crippen molar-refractivity contribution < 1.29 is 4.79 Å². The quantitative estimate of drug-likeness (QED) is 0.667. The third-order valence-corrected chi connectivity index (χ3v) is 5.43. The first-order valence-corrected chi connectivity index (χ1v) is 9.75. The van der Waals surface area contributed by atoms with E-state index < -0.39 is 0 Å². The van der Waals surface area contributed by atoms with Crippen molar-refractivity contribution in [1.82, 2.24) is 5.32 Å². The first-order valence-electron chi connectivity index (χ1n) is 9.75. The summed E-state index contributed by atoms with van der Waals surface area (Å²) >= 11 is 0. The van der Waals surface area contributed by atoms with E-state index >= 15 is 0 Å². The van der Waals surface area contributed by atoms with Crippen molar-refractivity contribution in [2.45, 2.75) is 38.6 Å². The molecule has 1 aliphatic rings. The number of carbonyl (C=O) groups excluding carboxylic acids is 1. The van der Waals surface area contributed by atoms with Gasteiger partial charge in [-0.05, 0) is 67.0 Å². The van der Waals surface area contributed by atoms with Crippen LogP contribution in [0.25, 0.3) is 0 Å². The SMILES string of the molecule is Cc1ccc(C(NC(=O)c2ccc3c(c2)CCCC3)c2ccccc2)cc1. The molecule has 0 aliphatic heterocycles. The fourth-order valence-electron chi connectivity index (χ4n) is 3.85. The van der Waals surface area contributed by atoms with Gasteiger partial charge in [-0.3, -0.25) is 4.79 Å². The van der Waals surface area contributed by atoms with E-state index in [1.54, 1.807) is 0 Å². The Hall–Kier alpha value is -2.87. The number of benzene rings is 3. The van der Waals surface area contributed by atoms with Crippen LogP contribution in [-0.4, -0.2) is 5.91 Å². The number of nitrogens with one attached hydrogen (secondary N) is 1. The Balaban J connectivity index is 1.63. The van der Waals surface area contributed by atoms with E-state index in [-0.39, 0.29) is 11.9 Å². The highest BCUT2D eigenvalue weighted by Gasteiger charge is 2.19. The number of hydrogen-bond donors (Lipinski definition) is 1. The van der Waals surface area contributed by atoms with Crippen molar-refractivity contribution in [3.8, 4) is 0 Å². The number of fused-ring (bicyclic) bond motifs is 1. The van der Waals surface area contributed by atoms with Crippen LogP contribution in [0.5, 0.6) is 0 Å². The molecule has 0 heterocycles. The number of amides is 1. The smallest absolute Gasteiger partial charge is 0.252 e. The van der Waals surface area contributed by atoms with E-state index in [4.69, 9.17) is 0 Å². The van der Waals surface area contributed by atoms with Crippen molar-refractivity contribution in [2.75, 3.05) is 0 Å². The summed E-state index contributed by atoms with van der Waals surface area (Å²) in [6.45, 7) is 2.08. The maximum Gasteiger partial charge on any atom is 0.252 e. The molecule has 0 radical (unpaired) electrons. The lowest BCUT2D eigenvalue weighted by Gasteiger charge is -2.21. The average Bonchev–Trinajstić information content (AvgIpc) is 2.73. The van der Waals surface area contributed by atoms with Gasteiger partial charge in [0.25, 0.3) is 5.91 Å². The molecule has 0 saturated carbocycles. The Kier molecular flexibility index (Phi) is 5.06. The zero-order valence-corrected chi connectivity index (χ0v) is 15.7. The van der Waals surface area contributed by atoms with Crippen LogP contribution in [0.4, 0.5) is 0 Å². The topological polar surface area (TPSA) is 29.1 Å². The Morgan fingerprint density at radius 2 is 1.48 bits per heavy atom. The third kappa shape index (κ3) is 3.95. The van der Waals surface area contributed by atoms with Gasteiger partial charge in [-0.15, -0.1) is 0 Å². The van der Waals surface area contributed by atoms with Crippen molar-refractivity contribution in [3.63, 3.8) is 0 Å². The molecule has 0 bridgehead atoms. The fraction of sp³-hybridized carbons (Fsp3) is 0.240. The lowest BCUT2D eigenvalue weighted by atomic mass is 9.90. The molecule has 3 aromatic rings.